The van der Waals surface area contributed by atoms with Crippen molar-refractivity contribution in [1.82, 2.24) is 4.98 Å². The van der Waals surface area contributed by atoms with Crippen LogP contribution in [0.3, 0.4) is 0 Å². The van der Waals surface area contributed by atoms with Crippen molar-refractivity contribution in [3.05, 3.63) is 30.1 Å². The van der Waals surface area contributed by atoms with Crippen molar-refractivity contribution in [1.29, 1.82) is 0 Å². The van der Waals surface area contributed by atoms with Crippen LogP contribution in [0.25, 0.3) is 0 Å². The number of carbonyl (C=O) groups is 1. The zero-order chi connectivity index (χ0) is 9.90. The molecule has 0 atom stereocenters. The Kier molecular flexibility index (Phi) is 2.82. The quantitative estimate of drug-likeness (QED) is 0.678. The maximum atomic E-state index is 11.4. The van der Waals surface area contributed by atoms with Crippen LogP contribution < -0.4 is 0 Å². The second-order valence-corrected chi connectivity index (χ2v) is 8.15. The number of pyridine rings is 1. The molecule has 0 radical (unpaired) electrons. The minimum Gasteiger partial charge on any atom is -0.515 e. The highest BCUT2D eigenvalue weighted by molar-refractivity contribution is 6.71. The van der Waals surface area contributed by atoms with E-state index in [2.05, 4.69) is 4.98 Å². The Morgan fingerprint density at radius 1 is 1.38 bits per heavy atom. The number of rotatable bonds is 2. The van der Waals surface area contributed by atoms with Crippen LogP contribution in [0.2, 0.25) is 19.6 Å². The van der Waals surface area contributed by atoms with Crippen molar-refractivity contribution >= 4 is 14.3 Å². The van der Waals surface area contributed by atoms with E-state index in [0.29, 0.717) is 5.69 Å². The molecular weight excluding hydrogens is 182 g/mol. The van der Waals surface area contributed by atoms with Crippen LogP contribution in [0, 0.1) is 0 Å². The first kappa shape index (κ1) is 9.92. The van der Waals surface area contributed by atoms with Gasteiger partial charge in [-0.25, -0.2) is 9.78 Å². The third kappa shape index (κ3) is 3.37. The van der Waals surface area contributed by atoms with Gasteiger partial charge >= 0.3 is 5.97 Å². The van der Waals surface area contributed by atoms with Crippen molar-refractivity contribution in [3.8, 4) is 0 Å². The van der Waals surface area contributed by atoms with Gasteiger partial charge in [-0.15, -0.1) is 0 Å². The summed E-state index contributed by atoms with van der Waals surface area (Å²) in [5.41, 5.74) is 0.380. The summed E-state index contributed by atoms with van der Waals surface area (Å²) >= 11 is 0. The molecule has 0 amide bonds. The zero-order valence-corrected chi connectivity index (χ0v) is 9.07. The molecule has 1 heterocycles. The highest BCUT2D eigenvalue weighted by Gasteiger charge is 2.21. The fourth-order valence-electron chi connectivity index (χ4n) is 0.814. The molecule has 0 fully saturated rings. The molecule has 0 aliphatic carbocycles. The van der Waals surface area contributed by atoms with Gasteiger partial charge in [0, 0.05) is 6.20 Å². The summed E-state index contributed by atoms with van der Waals surface area (Å²) in [6.07, 6.45) is 1.58. The first-order valence-corrected chi connectivity index (χ1v) is 7.54. The van der Waals surface area contributed by atoms with E-state index >= 15 is 0 Å². The fourth-order valence-corrected chi connectivity index (χ4v) is 1.47. The number of nitrogens with zero attached hydrogens (tertiary/aromatic N) is 1. The van der Waals surface area contributed by atoms with E-state index in [1.807, 2.05) is 19.6 Å². The zero-order valence-electron chi connectivity index (χ0n) is 8.07. The minimum atomic E-state index is -1.79. The highest BCUT2D eigenvalue weighted by atomic mass is 28.4. The van der Waals surface area contributed by atoms with Crippen molar-refractivity contribution < 1.29 is 9.22 Å². The summed E-state index contributed by atoms with van der Waals surface area (Å²) in [5, 5.41) is 0. The summed E-state index contributed by atoms with van der Waals surface area (Å²) in [4.78, 5) is 15.3. The molecule has 0 unspecified atom stereocenters. The van der Waals surface area contributed by atoms with Gasteiger partial charge < -0.3 is 4.43 Å². The Bertz CT molecular complexity index is 292. The third-order valence-electron chi connectivity index (χ3n) is 1.27. The van der Waals surface area contributed by atoms with Crippen molar-refractivity contribution in [2.24, 2.45) is 0 Å². The topological polar surface area (TPSA) is 39.2 Å². The maximum absolute atomic E-state index is 11.4. The Hall–Kier alpha value is -1.16. The lowest BCUT2D eigenvalue weighted by Gasteiger charge is -2.16. The van der Waals surface area contributed by atoms with Crippen molar-refractivity contribution in [2.45, 2.75) is 19.6 Å². The summed E-state index contributed by atoms with van der Waals surface area (Å²) in [6.45, 7) is 5.90. The molecule has 0 aliphatic heterocycles. The van der Waals surface area contributed by atoms with E-state index in [4.69, 9.17) is 4.43 Å². The summed E-state index contributed by atoms with van der Waals surface area (Å²) in [5.74, 6) is -0.320. The first-order chi connectivity index (χ1) is 5.99. The first-order valence-electron chi connectivity index (χ1n) is 4.13. The van der Waals surface area contributed by atoms with E-state index in [1.165, 1.54) is 0 Å². The van der Waals surface area contributed by atoms with Crippen LogP contribution in [0.5, 0.6) is 0 Å². The number of hydrogen-bond acceptors (Lipinski definition) is 3. The van der Waals surface area contributed by atoms with Gasteiger partial charge in [0.15, 0.2) is 0 Å². The van der Waals surface area contributed by atoms with Crippen LogP contribution in [-0.4, -0.2) is 19.3 Å². The predicted molar refractivity (Wildman–Crippen MR) is 53.0 cm³/mol. The molecule has 3 nitrogen and oxygen atoms in total. The lowest BCUT2D eigenvalue weighted by molar-refractivity contribution is 0.0718. The van der Waals surface area contributed by atoms with Gasteiger partial charge in [-0.2, -0.15) is 0 Å². The molecule has 13 heavy (non-hydrogen) atoms. The Morgan fingerprint density at radius 2 is 2.08 bits per heavy atom. The second-order valence-electron chi connectivity index (χ2n) is 3.72. The standard InChI is InChI=1S/C9H13NO2Si/c1-13(2,3)12-9(11)8-6-4-5-7-10-8/h4-7H,1-3H3. The number of hydrogen-bond donors (Lipinski definition) is 0. The second kappa shape index (κ2) is 3.70. The molecule has 0 aromatic carbocycles. The van der Waals surface area contributed by atoms with Crippen LogP contribution >= 0.6 is 0 Å². The SMILES string of the molecule is C[Si](C)(C)OC(=O)c1ccccn1. The summed E-state index contributed by atoms with van der Waals surface area (Å²) in [7, 11) is -1.79. The van der Waals surface area contributed by atoms with Gasteiger partial charge in [0.2, 0.25) is 8.32 Å². The average molecular weight is 195 g/mol. The Labute approximate surface area is 78.9 Å². The molecule has 70 valence electrons. The predicted octanol–water partition coefficient (Wildman–Crippen LogP) is 2.07. The van der Waals surface area contributed by atoms with Gasteiger partial charge in [-0.3, -0.25) is 0 Å². The van der Waals surface area contributed by atoms with E-state index in [-0.39, 0.29) is 5.97 Å². The average Bonchev–Trinajstić information content (AvgIpc) is 2.03. The fraction of sp³-hybridized carbons (Fsp3) is 0.333. The Balaban J connectivity index is 2.71. The van der Waals surface area contributed by atoms with E-state index in [0.717, 1.165) is 0 Å². The summed E-state index contributed by atoms with van der Waals surface area (Å²) in [6, 6.07) is 5.20. The molecule has 0 spiro atoms. The molecule has 0 saturated heterocycles. The van der Waals surface area contributed by atoms with Crippen molar-refractivity contribution in [2.75, 3.05) is 0 Å². The van der Waals surface area contributed by atoms with Gasteiger partial charge in [0.1, 0.15) is 5.69 Å². The molecule has 0 bridgehead atoms. The molecule has 0 saturated carbocycles. The van der Waals surface area contributed by atoms with Gasteiger partial charge in [-0.05, 0) is 31.8 Å². The molecule has 1 aromatic heterocycles. The lowest BCUT2D eigenvalue weighted by Crippen LogP contribution is -2.29. The smallest absolute Gasteiger partial charge is 0.343 e. The number of aromatic nitrogens is 1. The third-order valence-corrected chi connectivity index (χ3v) is 2.07. The molecule has 4 heteroatoms. The lowest BCUT2D eigenvalue weighted by atomic mass is 10.4. The minimum absolute atomic E-state index is 0.320. The normalized spacial score (nSPS) is 11.0. The van der Waals surface area contributed by atoms with E-state index < -0.39 is 8.32 Å². The molecule has 0 aliphatic rings. The number of carbonyl (C=O) groups excluding carboxylic acids is 1. The Morgan fingerprint density at radius 3 is 2.54 bits per heavy atom. The van der Waals surface area contributed by atoms with Crippen LogP contribution in [-0.2, 0) is 4.43 Å². The van der Waals surface area contributed by atoms with Crippen molar-refractivity contribution in [3.63, 3.8) is 0 Å². The van der Waals surface area contributed by atoms with E-state index in [1.54, 1.807) is 24.4 Å². The van der Waals surface area contributed by atoms with E-state index in [9.17, 15) is 4.79 Å². The summed E-state index contributed by atoms with van der Waals surface area (Å²) < 4.78 is 5.26. The molecule has 1 rings (SSSR count). The van der Waals surface area contributed by atoms with Crippen LogP contribution in [0.4, 0.5) is 0 Å². The molecular formula is C9H13NO2Si. The monoisotopic (exact) mass is 195 g/mol. The largest absolute Gasteiger partial charge is 0.515 e. The van der Waals surface area contributed by atoms with Gasteiger partial charge in [0.25, 0.3) is 0 Å². The molecule has 1 aromatic rings. The molecule has 0 N–H and O–H groups in total. The van der Waals surface area contributed by atoms with Gasteiger partial charge in [0.05, 0.1) is 0 Å². The highest BCUT2D eigenvalue weighted by Crippen LogP contribution is 2.06. The van der Waals surface area contributed by atoms with Crippen LogP contribution in [0.15, 0.2) is 24.4 Å². The van der Waals surface area contributed by atoms with Gasteiger partial charge in [-0.1, -0.05) is 6.07 Å². The maximum Gasteiger partial charge on any atom is 0.343 e. The van der Waals surface area contributed by atoms with Crippen LogP contribution in [0.1, 0.15) is 10.5 Å².